The molecule has 0 bridgehead atoms. The Morgan fingerprint density at radius 3 is 2.54 bits per heavy atom. The Kier molecular flexibility index (Phi) is 6.50. The minimum atomic E-state index is 0.0757. The Morgan fingerprint density at radius 2 is 1.88 bits per heavy atom. The summed E-state index contributed by atoms with van der Waals surface area (Å²) in [4.78, 5) is 0. The van der Waals surface area contributed by atoms with E-state index >= 15 is 0 Å². The van der Waals surface area contributed by atoms with Gasteiger partial charge in [-0.15, -0.1) is 0 Å². The van der Waals surface area contributed by atoms with Crippen molar-refractivity contribution in [3.05, 3.63) is 64.1 Å². The van der Waals surface area contributed by atoms with E-state index in [0.717, 1.165) is 23.1 Å². The van der Waals surface area contributed by atoms with Gasteiger partial charge in [-0.3, -0.25) is 0 Å². The molecule has 2 aromatic carbocycles. The van der Waals surface area contributed by atoms with E-state index in [4.69, 9.17) is 0 Å². The Labute approximate surface area is 154 Å². The van der Waals surface area contributed by atoms with E-state index in [1.54, 1.807) is 0 Å². The molecule has 0 saturated heterocycles. The Bertz CT molecular complexity index is 705. The molecule has 2 aromatic rings. The number of nitrogens with one attached hydrogen (secondary N) is 2. The number of halogens is 1. The zero-order valence-corrected chi connectivity index (χ0v) is 16.6. The van der Waals surface area contributed by atoms with Gasteiger partial charge in [-0.1, -0.05) is 66.2 Å². The summed E-state index contributed by atoms with van der Waals surface area (Å²) in [6, 6.07) is 14.9. The van der Waals surface area contributed by atoms with Crippen molar-refractivity contribution < 1.29 is 0 Å². The third kappa shape index (κ3) is 4.64. The lowest BCUT2D eigenvalue weighted by Crippen LogP contribution is -2.17. The van der Waals surface area contributed by atoms with E-state index < -0.39 is 0 Å². The van der Waals surface area contributed by atoms with Gasteiger partial charge in [0.25, 0.3) is 0 Å². The summed E-state index contributed by atoms with van der Waals surface area (Å²) in [5.41, 5.74) is 4.97. The van der Waals surface area contributed by atoms with Crippen molar-refractivity contribution in [1.29, 1.82) is 0 Å². The van der Waals surface area contributed by atoms with Gasteiger partial charge >= 0.3 is 0 Å². The van der Waals surface area contributed by atoms with Crippen LogP contribution in [0.4, 0.5) is 11.4 Å². The van der Waals surface area contributed by atoms with Crippen LogP contribution in [-0.4, -0.2) is 13.6 Å². The standard InChI is InChI=1S/C21H27BrN2/c1-5-24-17-13-12-16(19(22)15-17)9-8-14-21(2,3)18-10-6-7-11-20(18)23-4/h6-13,15,23-24H,5,14H2,1-4H3/b9-8+. The molecule has 3 heteroatoms. The predicted molar refractivity (Wildman–Crippen MR) is 111 cm³/mol. The maximum absolute atomic E-state index is 3.66. The van der Waals surface area contributed by atoms with Gasteiger partial charge in [0.2, 0.25) is 0 Å². The highest BCUT2D eigenvalue weighted by Crippen LogP contribution is 2.33. The molecule has 0 aliphatic rings. The molecule has 0 aliphatic heterocycles. The summed E-state index contributed by atoms with van der Waals surface area (Å²) < 4.78 is 1.12. The molecule has 2 N–H and O–H groups in total. The number of para-hydroxylation sites is 1. The van der Waals surface area contributed by atoms with Gasteiger partial charge in [-0.2, -0.15) is 0 Å². The van der Waals surface area contributed by atoms with Crippen molar-refractivity contribution >= 4 is 33.4 Å². The SMILES string of the molecule is CCNc1ccc(/C=C/CC(C)(C)c2ccccc2NC)c(Br)c1. The molecule has 0 spiro atoms. The molecule has 0 aliphatic carbocycles. The average molecular weight is 387 g/mol. The highest BCUT2D eigenvalue weighted by molar-refractivity contribution is 9.10. The lowest BCUT2D eigenvalue weighted by molar-refractivity contribution is 0.536. The molecule has 128 valence electrons. The van der Waals surface area contributed by atoms with E-state index in [2.05, 4.69) is 102 Å². The van der Waals surface area contributed by atoms with E-state index in [0.29, 0.717) is 0 Å². The van der Waals surface area contributed by atoms with Gasteiger partial charge in [-0.05, 0) is 48.1 Å². The zero-order chi connectivity index (χ0) is 17.6. The minimum Gasteiger partial charge on any atom is -0.388 e. The first-order valence-corrected chi connectivity index (χ1v) is 9.24. The lowest BCUT2D eigenvalue weighted by Gasteiger charge is -2.26. The fourth-order valence-electron chi connectivity index (χ4n) is 2.86. The topological polar surface area (TPSA) is 24.1 Å². The number of allylic oxidation sites excluding steroid dienone is 1. The van der Waals surface area contributed by atoms with Crippen LogP contribution in [0.1, 0.15) is 38.3 Å². The van der Waals surface area contributed by atoms with Crippen LogP contribution in [0.15, 0.2) is 53.0 Å². The molecule has 0 radical (unpaired) electrons. The van der Waals surface area contributed by atoms with Gasteiger partial charge in [0.05, 0.1) is 0 Å². The van der Waals surface area contributed by atoms with Crippen LogP contribution in [-0.2, 0) is 5.41 Å². The van der Waals surface area contributed by atoms with Crippen molar-refractivity contribution in [3.63, 3.8) is 0 Å². The maximum atomic E-state index is 3.66. The van der Waals surface area contributed by atoms with Gasteiger partial charge in [0.15, 0.2) is 0 Å². The largest absolute Gasteiger partial charge is 0.388 e. The number of hydrogen-bond donors (Lipinski definition) is 2. The Hall–Kier alpha value is -1.74. The quantitative estimate of drug-likeness (QED) is 0.582. The molecular formula is C21H27BrN2. The summed E-state index contributed by atoms with van der Waals surface area (Å²) in [6.07, 6.45) is 5.44. The number of benzene rings is 2. The van der Waals surface area contributed by atoms with Crippen LogP contribution in [0, 0.1) is 0 Å². The van der Waals surface area contributed by atoms with Crippen LogP contribution in [0.5, 0.6) is 0 Å². The minimum absolute atomic E-state index is 0.0757. The highest BCUT2D eigenvalue weighted by atomic mass is 79.9. The monoisotopic (exact) mass is 386 g/mol. The van der Waals surface area contributed by atoms with Gasteiger partial charge in [-0.25, -0.2) is 0 Å². The van der Waals surface area contributed by atoms with E-state index in [-0.39, 0.29) is 5.41 Å². The fourth-order valence-corrected chi connectivity index (χ4v) is 3.37. The highest BCUT2D eigenvalue weighted by Gasteiger charge is 2.21. The van der Waals surface area contributed by atoms with Crippen LogP contribution in [0.3, 0.4) is 0 Å². The smallest absolute Gasteiger partial charge is 0.0375 e. The first-order chi connectivity index (χ1) is 11.5. The van der Waals surface area contributed by atoms with Crippen LogP contribution in [0.25, 0.3) is 6.08 Å². The van der Waals surface area contributed by atoms with E-state index in [9.17, 15) is 0 Å². The molecule has 2 rings (SSSR count). The summed E-state index contributed by atoms with van der Waals surface area (Å²) in [7, 11) is 1.98. The number of hydrogen-bond acceptors (Lipinski definition) is 2. The maximum Gasteiger partial charge on any atom is 0.0375 e. The molecular weight excluding hydrogens is 360 g/mol. The van der Waals surface area contributed by atoms with E-state index in [1.807, 2.05) is 7.05 Å². The second kappa shape index (κ2) is 8.39. The van der Waals surface area contributed by atoms with E-state index in [1.165, 1.54) is 16.8 Å². The summed E-state index contributed by atoms with van der Waals surface area (Å²) >= 11 is 3.66. The second-order valence-electron chi connectivity index (χ2n) is 6.55. The van der Waals surface area contributed by atoms with Gasteiger partial charge in [0.1, 0.15) is 0 Å². The molecule has 0 fully saturated rings. The normalized spacial score (nSPS) is 11.7. The van der Waals surface area contributed by atoms with Crippen LogP contribution >= 0.6 is 15.9 Å². The predicted octanol–water partition coefficient (Wildman–Crippen LogP) is 6.30. The van der Waals surface area contributed by atoms with Gasteiger partial charge in [0, 0.05) is 29.4 Å². The first kappa shape index (κ1) is 18.6. The third-order valence-corrected chi connectivity index (χ3v) is 4.92. The number of rotatable bonds is 7. The third-order valence-electron chi connectivity index (χ3n) is 4.23. The average Bonchev–Trinajstić information content (AvgIpc) is 2.57. The number of anilines is 2. The molecule has 0 aromatic heterocycles. The zero-order valence-electron chi connectivity index (χ0n) is 15.0. The van der Waals surface area contributed by atoms with Crippen molar-refractivity contribution in [2.75, 3.05) is 24.2 Å². The summed E-state index contributed by atoms with van der Waals surface area (Å²) in [6.45, 7) is 7.61. The second-order valence-corrected chi connectivity index (χ2v) is 7.41. The van der Waals surface area contributed by atoms with Crippen LogP contribution < -0.4 is 10.6 Å². The van der Waals surface area contributed by atoms with Gasteiger partial charge < -0.3 is 10.6 Å². The molecule has 24 heavy (non-hydrogen) atoms. The van der Waals surface area contributed by atoms with Crippen molar-refractivity contribution in [2.45, 2.75) is 32.6 Å². The Balaban J connectivity index is 2.12. The lowest BCUT2D eigenvalue weighted by atomic mass is 9.80. The van der Waals surface area contributed by atoms with Crippen LogP contribution in [0.2, 0.25) is 0 Å². The Morgan fingerprint density at radius 1 is 1.12 bits per heavy atom. The molecule has 0 atom stereocenters. The molecule has 0 amide bonds. The van der Waals surface area contributed by atoms with Crippen molar-refractivity contribution in [2.24, 2.45) is 0 Å². The molecule has 0 heterocycles. The molecule has 0 unspecified atom stereocenters. The fraction of sp³-hybridized carbons (Fsp3) is 0.333. The van der Waals surface area contributed by atoms with Crippen molar-refractivity contribution in [1.82, 2.24) is 0 Å². The van der Waals surface area contributed by atoms with Crippen molar-refractivity contribution in [3.8, 4) is 0 Å². The summed E-state index contributed by atoms with van der Waals surface area (Å²) in [5, 5.41) is 6.63. The molecule has 0 saturated carbocycles. The summed E-state index contributed by atoms with van der Waals surface area (Å²) in [5.74, 6) is 0. The first-order valence-electron chi connectivity index (χ1n) is 8.45. The molecule has 2 nitrogen and oxygen atoms in total.